The van der Waals surface area contributed by atoms with Crippen LogP contribution in [0.4, 0.5) is 17.1 Å². The standard InChI is InChI=1S/C7H4Cl2N2O3.C7H2Cl2N2O2.C7H3Cl2NO3/c8-5-1-2-6(11(13)14)7(9)4(5)3-10-12;8-5-1-2-6(11(12)13)7(9)4(5)3-10;8-5-1-2-6(10(12)13)7(9)4(5)3-11/h1-3,12H;1-2H;1-3H. The minimum Gasteiger partial charge on any atom is -0.411 e. The van der Waals surface area contributed by atoms with Gasteiger partial charge in [-0.15, -0.1) is 0 Å². The quantitative estimate of drug-likeness (QED) is 0.0911. The predicted molar refractivity (Wildman–Crippen MR) is 149 cm³/mol. The Bertz CT molecular complexity index is 1560. The summed E-state index contributed by atoms with van der Waals surface area (Å²) in [5.74, 6) is 0. The van der Waals surface area contributed by atoms with Crippen molar-refractivity contribution in [3.63, 3.8) is 0 Å². The summed E-state index contributed by atoms with van der Waals surface area (Å²) < 4.78 is 0. The first kappa shape index (κ1) is 34.3. The lowest BCUT2D eigenvalue weighted by atomic mass is 10.2. The minimum absolute atomic E-state index is 0.0578. The number of carbonyl (C=O) groups is 1. The molecule has 0 saturated heterocycles. The van der Waals surface area contributed by atoms with Crippen LogP contribution in [0.3, 0.4) is 0 Å². The number of nitriles is 1. The van der Waals surface area contributed by atoms with Crippen molar-refractivity contribution >= 4 is 99.2 Å². The molecular formula is C21H9Cl6N5O8. The summed E-state index contributed by atoms with van der Waals surface area (Å²) in [6.45, 7) is 0. The topological polar surface area (TPSA) is 203 Å². The number of nitrogens with zero attached hydrogens (tertiary/aromatic N) is 5. The Morgan fingerprint density at radius 2 is 1.07 bits per heavy atom. The van der Waals surface area contributed by atoms with Crippen molar-refractivity contribution in [2.45, 2.75) is 0 Å². The van der Waals surface area contributed by atoms with Gasteiger partial charge in [0, 0.05) is 23.8 Å². The Balaban J connectivity index is 0.000000300. The minimum atomic E-state index is -0.675. The third-order valence-corrected chi connectivity index (χ3v) is 6.44. The zero-order valence-corrected chi connectivity index (χ0v) is 23.5. The van der Waals surface area contributed by atoms with Gasteiger partial charge in [-0.3, -0.25) is 35.1 Å². The van der Waals surface area contributed by atoms with Gasteiger partial charge in [-0.05, 0) is 18.2 Å². The maximum Gasteiger partial charge on any atom is 0.289 e. The number of rotatable bonds is 5. The van der Waals surface area contributed by atoms with Crippen molar-refractivity contribution in [2.24, 2.45) is 5.16 Å². The summed E-state index contributed by atoms with van der Waals surface area (Å²) in [5.41, 5.74) is -0.943. The van der Waals surface area contributed by atoms with Gasteiger partial charge in [0.15, 0.2) is 6.29 Å². The molecule has 3 aromatic carbocycles. The highest BCUT2D eigenvalue weighted by molar-refractivity contribution is 6.40. The van der Waals surface area contributed by atoms with Crippen LogP contribution in [-0.4, -0.2) is 32.5 Å². The second-order valence-electron chi connectivity index (χ2n) is 6.59. The second-order valence-corrected chi connectivity index (χ2v) is 8.94. The molecule has 0 heterocycles. The summed E-state index contributed by atoms with van der Waals surface area (Å²) in [6.07, 6.45) is 1.33. The first-order chi connectivity index (χ1) is 18.7. The largest absolute Gasteiger partial charge is 0.411 e. The van der Waals surface area contributed by atoms with Crippen molar-refractivity contribution in [3.8, 4) is 6.07 Å². The molecule has 3 aromatic rings. The van der Waals surface area contributed by atoms with Crippen LogP contribution in [0, 0.1) is 41.7 Å². The van der Waals surface area contributed by atoms with Crippen LogP contribution in [0.15, 0.2) is 41.6 Å². The van der Waals surface area contributed by atoms with E-state index in [0.29, 0.717) is 6.29 Å². The van der Waals surface area contributed by atoms with Gasteiger partial charge in [-0.1, -0.05) is 74.8 Å². The van der Waals surface area contributed by atoms with Gasteiger partial charge in [0.05, 0.1) is 47.2 Å². The van der Waals surface area contributed by atoms with Gasteiger partial charge in [-0.25, -0.2) is 0 Å². The van der Waals surface area contributed by atoms with E-state index in [2.05, 4.69) is 5.16 Å². The first-order valence-corrected chi connectivity index (χ1v) is 11.9. The normalized spacial score (nSPS) is 9.93. The van der Waals surface area contributed by atoms with Gasteiger partial charge in [0.1, 0.15) is 21.1 Å². The molecule has 0 aliphatic carbocycles. The van der Waals surface area contributed by atoms with Crippen molar-refractivity contribution in [2.75, 3.05) is 0 Å². The number of carbonyl (C=O) groups excluding carboxylic acids is 1. The Labute approximate surface area is 253 Å². The molecule has 0 amide bonds. The first-order valence-electron chi connectivity index (χ1n) is 9.63. The molecule has 0 aliphatic rings. The number of benzene rings is 3. The van der Waals surface area contributed by atoms with E-state index in [0.717, 1.165) is 18.3 Å². The van der Waals surface area contributed by atoms with Gasteiger partial charge in [0.2, 0.25) is 0 Å². The smallest absolute Gasteiger partial charge is 0.289 e. The Kier molecular flexibility index (Phi) is 13.5. The molecule has 0 aromatic heterocycles. The lowest BCUT2D eigenvalue weighted by molar-refractivity contribution is -0.384. The SMILES string of the molecule is N#Cc1c(Cl)ccc([N+](=O)[O-])c1Cl.O=Cc1c(Cl)ccc([N+](=O)[O-])c1Cl.O=[N+]([O-])c1ccc(Cl)c(C=NO)c1Cl. The molecule has 0 bridgehead atoms. The molecule has 1 N–H and O–H groups in total. The van der Waals surface area contributed by atoms with Gasteiger partial charge >= 0.3 is 0 Å². The second kappa shape index (κ2) is 15.7. The van der Waals surface area contributed by atoms with E-state index < -0.39 is 14.8 Å². The molecule has 0 atom stereocenters. The average molecular weight is 672 g/mol. The number of nitro groups is 3. The molecule has 208 valence electrons. The van der Waals surface area contributed by atoms with Crippen molar-refractivity contribution in [1.29, 1.82) is 5.26 Å². The van der Waals surface area contributed by atoms with Crippen LogP contribution in [0.1, 0.15) is 21.5 Å². The van der Waals surface area contributed by atoms with E-state index >= 15 is 0 Å². The summed E-state index contributed by atoms with van der Waals surface area (Å²) in [4.78, 5) is 39.6. The Morgan fingerprint density at radius 3 is 1.45 bits per heavy atom. The lowest BCUT2D eigenvalue weighted by Crippen LogP contribution is -1.93. The van der Waals surface area contributed by atoms with Gasteiger partial charge < -0.3 is 5.21 Å². The number of hydrogen-bond acceptors (Lipinski definition) is 10. The van der Waals surface area contributed by atoms with E-state index in [9.17, 15) is 35.1 Å². The Hall–Kier alpha value is -3.77. The highest BCUT2D eigenvalue weighted by Crippen LogP contribution is 2.33. The molecule has 0 saturated carbocycles. The zero-order valence-electron chi connectivity index (χ0n) is 18.9. The molecule has 40 heavy (non-hydrogen) atoms. The Morgan fingerprint density at radius 1 is 0.700 bits per heavy atom. The van der Waals surface area contributed by atoms with Crippen LogP contribution in [0.5, 0.6) is 0 Å². The van der Waals surface area contributed by atoms with Crippen LogP contribution < -0.4 is 0 Å². The maximum absolute atomic E-state index is 10.5. The predicted octanol–water partition coefficient (Wildman–Crippen LogP) is 8.20. The summed E-state index contributed by atoms with van der Waals surface area (Å²) in [5, 5.41) is 50.5. The van der Waals surface area contributed by atoms with E-state index in [1.165, 1.54) is 24.3 Å². The summed E-state index contributed by atoms with van der Waals surface area (Å²) in [6, 6.07) is 9.01. The molecule has 19 heteroatoms. The van der Waals surface area contributed by atoms with Crippen LogP contribution in [0.2, 0.25) is 30.1 Å². The van der Waals surface area contributed by atoms with Gasteiger partial charge in [-0.2, -0.15) is 5.26 Å². The summed E-state index contributed by atoms with van der Waals surface area (Å²) >= 11 is 33.6. The van der Waals surface area contributed by atoms with E-state index in [4.69, 9.17) is 80.1 Å². The molecule has 0 aliphatic heterocycles. The summed E-state index contributed by atoms with van der Waals surface area (Å²) in [7, 11) is 0. The maximum atomic E-state index is 10.5. The monoisotopic (exact) mass is 669 g/mol. The lowest BCUT2D eigenvalue weighted by Gasteiger charge is -2.00. The number of nitro benzene ring substituents is 3. The molecule has 13 nitrogen and oxygen atoms in total. The zero-order chi connectivity index (χ0) is 30.7. The number of hydrogen-bond donors (Lipinski definition) is 1. The number of oxime groups is 1. The molecule has 0 spiro atoms. The van der Waals surface area contributed by atoms with Gasteiger partial charge in [0.25, 0.3) is 17.1 Å². The van der Waals surface area contributed by atoms with E-state index in [1.54, 1.807) is 6.07 Å². The van der Waals surface area contributed by atoms with Crippen molar-refractivity contribution < 1.29 is 24.8 Å². The molecular weight excluding hydrogens is 663 g/mol. The average Bonchev–Trinajstić information content (AvgIpc) is 2.87. The molecule has 3 rings (SSSR count). The highest BCUT2D eigenvalue weighted by atomic mass is 35.5. The third kappa shape index (κ3) is 8.62. The molecule has 0 radical (unpaired) electrons. The number of aldehydes is 1. The van der Waals surface area contributed by atoms with Crippen LogP contribution in [0.25, 0.3) is 0 Å². The fourth-order valence-electron chi connectivity index (χ4n) is 2.47. The highest BCUT2D eigenvalue weighted by Gasteiger charge is 2.19. The van der Waals surface area contributed by atoms with Crippen molar-refractivity contribution in [3.05, 3.63) is 114 Å². The molecule has 0 fully saturated rings. The van der Waals surface area contributed by atoms with E-state index in [1.807, 2.05) is 0 Å². The fourth-order valence-corrected chi connectivity index (χ4v) is 4.06. The van der Waals surface area contributed by atoms with Crippen molar-refractivity contribution in [1.82, 2.24) is 0 Å². The number of halogens is 6. The third-order valence-electron chi connectivity index (χ3n) is 4.29. The molecule has 0 unspecified atom stereocenters. The van der Waals surface area contributed by atoms with E-state index in [-0.39, 0.29) is 63.9 Å². The van der Waals surface area contributed by atoms with Crippen LogP contribution >= 0.6 is 69.6 Å². The van der Waals surface area contributed by atoms with Crippen LogP contribution in [-0.2, 0) is 0 Å². The fraction of sp³-hybridized carbons (Fsp3) is 0.